The van der Waals surface area contributed by atoms with Crippen molar-refractivity contribution in [1.29, 1.82) is 0 Å². The molecule has 0 radical (unpaired) electrons. The van der Waals surface area contributed by atoms with Crippen LogP contribution in [0.5, 0.6) is 0 Å². The first-order chi connectivity index (χ1) is 8.36. The average molecular weight is 230 g/mol. The predicted molar refractivity (Wildman–Crippen MR) is 66.1 cm³/mol. The maximum atomic E-state index is 12.6. The normalized spacial score (nSPS) is 28.8. The Bertz CT molecular complexity index is 419. The van der Waals surface area contributed by atoms with Gasteiger partial charge in [-0.15, -0.1) is 0 Å². The molecule has 90 valence electrons. The lowest BCUT2D eigenvalue weighted by Crippen LogP contribution is -2.23. The van der Waals surface area contributed by atoms with Crippen molar-refractivity contribution in [2.75, 3.05) is 13.2 Å². The summed E-state index contributed by atoms with van der Waals surface area (Å²) < 4.78 is 5.44. The average Bonchev–Trinajstić information content (AvgIpc) is 2.83. The highest BCUT2D eigenvalue weighted by atomic mass is 16.5. The monoisotopic (exact) mass is 230 g/mol. The summed E-state index contributed by atoms with van der Waals surface area (Å²) in [6.45, 7) is 1.61. The van der Waals surface area contributed by atoms with Crippen LogP contribution in [-0.2, 0) is 11.2 Å². The fraction of sp³-hybridized carbons (Fsp3) is 0.533. The molecule has 2 unspecified atom stereocenters. The van der Waals surface area contributed by atoms with Gasteiger partial charge in [0, 0.05) is 18.1 Å². The number of aryl methyl sites for hydroxylation is 1. The zero-order valence-corrected chi connectivity index (χ0v) is 10.0. The molecule has 0 spiro atoms. The standard InChI is InChI=1S/C15H18O2/c16-15-13-6-2-1-4-11(13)5-3-7-14(15)12-8-9-17-10-12/h1-2,4,6,12,14H,3,5,7-10H2. The highest BCUT2D eigenvalue weighted by Crippen LogP contribution is 2.33. The minimum atomic E-state index is 0.196. The molecule has 1 heterocycles. The molecule has 2 atom stereocenters. The summed E-state index contributed by atoms with van der Waals surface area (Å²) in [5, 5.41) is 0. The maximum absolute atomic E-state index is 12.6. The van der Waals surface area contributed by atoms with Crippen LogP contribution in [0.4, 0.5) is 0 Å². The van der Waals surface area contributed by atoms with Crippen molar-refractivity contribution in [2.45, 2.75) is 25.7 Å². The molecule has 0 saturated carbocycles. The molecule has 2 aliphatic rings. The third-order valence-electron chi connectivity index (χ3n) is 4.11. The van der Waals surface area contributed by atoms with Gasteiger partial charge in [-0.05, 0) is 37.2 Å². The summed E-state index contributed by atoms with van der Waals surface area (Å²) in [6, 6.07) is 8.10. The van der Waals surface area contributed by atoms with E-state index in [9.17, 15) is 4.79 Å². The minimum absolute atomic E-state index is 0.196. The Hall–Kier alpha value is -1.15. The summed E-state index contributed by atoms with van der Waals surface area (Å²) in [5.74, 6) is 1.00. The molecule has 1 aliphatic carbocycles. The number of benzene rings is 1. The van der Waals surface area contributed by atoms with Crippen LogP contribution in [-0.4, -0.2) is 19.0 Å². The molecular formula is C15H18O2. The first-order valence-electron chi connectivity index (χ1n) is 6.56. The van der Waals surface area contributed by atoms with Crippen LogP contribution in [0.1, 0.15) is 35.2 Å². The molecule has 3 rings (SSSR count). The Morgan fingerprint density at radius 1 is 1.18 bits per heavy atom. The molecule has 0 amide bonds. The second-order valence-electron chi connectivity index (χ2n) is 5.14. The van der Waals surface area contributed by atoms with E-state index in [1.807, 2.05) is 18.2 Å². The number of hydrogen-bond acceptors (Lipinski definition) is 2. The first kappa shape index (κ1) is 11.0. The lowest BCUT2D eigenvalue weighted by atomic mass is 9.83. The van der Waals surface area contributed by atoms with E-state index in [1.54, 1.807) is 0 Å². The molecule has 0 N–H and O–H groups in total. The van der Waals surface area contributed by atoms with E-state index < -0.39 is 0 Å². The van der Waals surface area contributed by atoms with Crippen molar-refractivity contribution >= 4 is 5.78 Å². The summed E-state index contributed by atoms with van der Waals surface area (Å²) in [5.41, 5.74) is 2.20. The lowest BCUT2D eigenvalue weighted by Gasteiger charge is -2.19. The Balaban J connectivity index is 1.91. The van der Waals surface area contributed by atoms with E-state index in [0.29, 0.717) is 11.7 Å². The second kappa shape index (κ2) is 4.61. The molecule has 2 heteroatoms. The van der Waals surface area contributed by atoms with Crippen LogP contribution in [0.15, 0.2) is 24.3 Å². The number of Topliss-reactive ketones (excluding diaryl/α,β-unsaturated/α-hetero) is 1. The Kier molecular flexibility index (Phi) is 2.98. The minimum Gasteiger partial charge on any atom is -0.381 e. The van der Waals surface area contributed by atoms with Gasteiger partial charge in [0.15, 0.2) is 5.78 Å². The van der Waals surface area contributed by atoms with Crippen LogP contribution >= 0.6 is 0 Å². The van der Waals surface area contributed by atoms with E-state index in [2.05, 4.69) is 6.07 Å². The van der Waals surface area contributed by atoms with Crippen molar-refractivity contribution in [1.82, 2.24) is 0 Å². The van der Waals surface area contributed by atoms with Crippen molar-refractivity contribution in [3.05, 3.63) is 35.4 Å². The summed E-state index contributed by atoms with van der Waals surface area (Å²) in [6.07, 6.45) is 4.26. The highest BCUT2D eigenvalue weighted by Gasteiger charge is 2.33. The van der Waals surface area contributed by atoms with Crippen molar-refractivity contribution in [3.8, 4) is 0 Å². The van der Waals surface area contributed by atoms with Crippen LogP contribution in [0.25, 0.3) is 0 Å². The summed E-state index contributed by atoms with van der Waals surface area (Å²) in [4.78, 5) is 12.6. The van der Waals surface area contributed by atoms with Crippen molar-refractivity contribution in [2.24, 2.45) is 11.8 Å². The molecule has 0 aromatic heterocycles. The zero-order valence-electron chi connectivity index (χ0n) is 10.0. The van der Waals surface area contributed by atoms with Gasteiger partial charge < -0.3 is 4.74 Å². The van der Waals surface area contributed by atoms with E-state index in [0.717, 1.165) is 44.5 Å². The third kappa shape index (κ3) is 2.02. The Morgan fingerprint density at radius 3 is 2.88 bits per heavy atom. The fourth-order valence-corrected chi connectivity index (χ4v) is 3.14. The Morgan fingerprint density at radius 2 is 2.06 bits per heavy atom. The number of ketones is 1. The molecule has 1 aliphatic heterocycles. The molecule has 1 fully saturated rings. The second-order valence-corrected chi connectivity index (χ2v) is 5.14. The molecular weight excluding hydrogens is 212 g/mol. The zero-order chi connectivity index (χ0) is 11.7. The van der Waals surface area contributed by atoms with Crippen LogP contribution in [0, 0.1) is 11.8 Å². The van der Waals surface area contributed by atoms with Gasteiger partial charge >= 0.3 is 0 Å². The largest absolute Gasteiger partial charge is 0.381 e. The van der Waals surface area contributed by atoms with Crippen LogP contribution in [0.2, 0.25) is 0 Å². The number of carbonyl (C=O) groups is 1. The van der Waals surface area contributed by atoms with Crippen LogP contribution in [0.3, 0.4) is 0 Å². The number of fused-ring (bicyclic) bond motifs is 1. The smallest absolute Gasteiger partial charge is 0.166 e. The van der Waals surface area contributed by atoms with Gasteiger partial charge in [0.2, 0.25) is 0 Å². The number of ether oxygens (including phenoxy) is 1. The quantitative estimate of drug-likeness (QED) is 0.693. The fourth-order valence-electron chi connectivity index (χ4n) is 3.14. The first-order valence-corrected chi connectivity index (χ1v) is 6.56. The summed E-state index contributed by atoms with van der Waals surface area (Å²) in [7, 11) is 0. The molecule has 17 heavy (non-hydrogen) atoms. The number of hydrogen-bond donors (Lipinski definition) is 0. The summed E-state index contributed by atoms with van der Waals surface area (Å²) >= 11 is 0. The SMILES string of the molecule is O=C1c2ccccc2CCCC1C1CCOC1. The molecule has 1 aromatic rings. The third-order valence-corrected chi connectivity index (χ3v) is 4.11. The van der Waals surface area contributed by atoms with E-state index in [4.69, 9.17) is 4.74 Å². The van der Waals surface area contributed by atoms with Gasteiger partial charge in [-0.3, -0.25) is 4.79 Å². The van der Waals surface area contributed by atoms with Gasteiger partial charge in [-0.25, -0.2) is 0 Å². The Labute approximate surface area is 102 Å². The molecule has 1 saturated heterocycles. The van der Waals surface area contributed by atoms with Gasteiger partial charge in [0.25, 0.3) is 0 Å². The van der Waals surface area contributed by atoms with Crippen molar-refractivity contribution < 1.29 is 9.53 Å². The predicted octanol–water partition coefficient (Wildman–Crippen LogP) is 2.86. The van der Waals surface area contributed by atoms with Gasteiger partial charge in [0.05, 0.1) is 6.61 Å². The van der Waals surface area contributed by atoms with Crippen LogP contribution < -0.4 is 0 Å². The van der Waals surface area contributed by atoms with Gasteiger partial charge in [0.1, 0.15) is 0 Å². The van der Waals surface area contributed by atoms with Crippen molar-refractivity contribution in [3.63, 3.8) is 0 Å². The number of rotatable bonds is 1. The van der Waals surface area contributed by atoms with Gasteiger partial charge in [-0.1, -0.05) is 24.3 Å². The number of carbonyl (C=O) groups excluding carboxylic acids is 1. The van der Waals surface area contributed by atoms with Gasteiger partial charge in [-0.2, -0.15) is 0 Å². The van der Waals surface area contributed by atoms with E-state index >= 15 is 0 Å². The van der Waals surface area contributed by atoms with E-state index in [-0.39, 0.29) is 5.92 Å². The molecule has 1 aromatic carbocycles. The lowest BCUT2D eigenvalue weighted by molar-refractivity contribution is 0.0847. The molecule has 2 nitrogen and oxygen atoms in total. The molecule has 0 bridgehead atoms. The maximum Gasteiger partial charge on any atom is 0.166 e. The highest BCUT2D eigenvalue weighted by molar-refractivity contribution is 5.99. The topological polar surface area (TPSA) is 26.3 Å². The van der Waals surface area contributed by atoms with E-state index in [1.165, 1.54) is 5.56 Å².